The van der Waals surface area contributed by atoms with Crippen LogP contribution in [0.3, 0.4) is 0 Å². The van der Waals surface area contributed by atoms with Gasteiger partial charge in [0.1, 0.15) is 0 Å². The number of esters is 1. The molecule has 0 bridgehead atoms. The maximum atomic E-state index is 10.9. The molecule has 0 aromatic heterocycles. The molecular formula is C9H17NO3. The largest absolute Gasteiger partial charge is 0.466 e. The van der Waals surface area contributed by atoms with E-state index in [1.54, 1.807) is 6.92 Å². The minimum Gasteiger partial charge on any atom is -0.466 e. The van der Waals surface area contributed by atoms with Crippen molar-refractivity contribution in [1.82, 2.24) is 5.32 Å². The predicted molar refractivity (Wildman–Crippen MR) is 49.2 cm³/mol. The fourth-order valence-electron chi connectivity index (χ4n) is 0.912. The van der Waals surface area contributed by atoms with Gasteiger partial charge in [0.05, 0.1) is 6.61 Å². The van der Waals surface area contributed by atoms with Crippen LogP contribution < -0.4 is 5.32 Å². The number of carbonyl (C=O) groups excluding carboxylic acids is 2. The highest BCUT2D eigenvalue weighted by Gasteiger charge is 2.04. The Morgan fingerprint density at radius 2 is 1.92 bits per heavy atom. The zero-order valence-electron chi connectivity index (χ0n) is 8.26. The first-order valence-electron chi connectivity index (χ1n) is 4.63. The van der Waals surface area contributed by atoms with E-state index < -0.39 is 0 Å². The van der Waals surface area contributed by atoms with Gasteiger partial charge in [0.25, 0.3) is 0 Å². The molecule has 1 N–H and O–H groups in total. The van der Waals surface area contributed by atoms with E-state index in [0.29, 0.717) is 32.4 Å². The lowest BCUT2D eigenvalue weighted by molar-refractivity contribution is -0.143. The number of nitrogens with one attached hydrogen (secondary N) is 1. The van der Waals surface area contributed by atoms with Gasteiger partial charge in [0.2, 0.25) is 5.91 Å². The van der Waals surface area contributed by atoms with Crippen molar-refractivity contribution in [3.63, 3.8) is 0 Å². The van der Waals surface area contributed by atoms with Crippen molar-refractivity contribution in [3.05, 3.63) is 0 Å². The van der Waals surface area contributed by atoms with E-state index in [0.717, 1.165) is 0 Å². The van der Waals surface area contributed by atoms with Crippen LogP contribution in [-0.2, 0) is 14.3 Å². The highest BCUT2D eigenvalue weighted by Crippen LogP contribution is 1.97. The molecule has 0 saturated heterocycles. The second kappa shape index (κ2) is 7.58. The third-order valence-corrected chi connectivity index (χ3v) is 1.46. The summed E-state index contributed by atoms with van der Waals surface area (Å²) in [7, 11) is 0. The summed E-state index contributed by atoms with van der Waals surface area (Å²) in [5.74, 6) is -0.237. The zero-order chi connectivity index (χ0) is 10.1. The van der Waals surface area contributed by atoms with Gasteiger partial charge in [0.15, 0.2) is 0 Å². The van der Waals surface area contributed by atoms with Crippen LogP contribution in [0.25, 0.3) is 0 Å². The number of amides is 1. The van der Waals surface area contributed by atoms with Crippen LogP contribution in [0.15, 0.2) is 0 Å². The Hall–Kier alpha value is -1.06. The van der Waals surface area contributed by atoms with Crippen molar-refractivity contribution < 1.29 is 14.3 Å². The van der Waals surface area contributed by atoms with Crippen molar-refractivity contribution in [2.75, 3.05) is 13.2 Å². The highest BCUT2D eigenvalue weighted by molar-refractivity contribution is 5.76. The maximum Gasteiger partial charge on any atom is 0.305 e. The first-order chi connectivity index (χ1) is 6.20. The number of carbonyl (C=O) groups is 2. The van der Waals surface area contributed by atoms with Gasteiger partial charge in [-0.05, 0) is 20.3 Å². The molecule has 76 valence electrons. The van der Waals surface area contributed by atoms with Gasteiger partial charge in [0, 0.05) is 19.4 Å². The minimum atomic E-state index is -0.230. The van der Waals surface area contributed by atoms with E-state index in [-0.39, 0.29) is 11.9 Å². The fourth-order valence-corrected chi connectivity index (χ4v) is 0.912. The molecule has 4 heteroatoms. The molecule has 1 amide bonds. The summed E-state index contributed by atoms with van der Waals surface area (Å²) in [6.45, 7) is 4.67. The number of hydrogen-bond acceptors (Lipinski definition) is 3. The Bertz CT molecular complexity index is 150. The van der Waals surface area contributed by atoms with Gasteiger partial charge >= 0.3 is 5.97 Å². The summed E-state index contributed by atoms with van der Waals surface area (Å²) in [6.07, 6.45) is 1.28. The molecule has 0 aromatic carbocycles. The summed E-state index contributed by atoms with van der Waals surface area (Å²) < 4.78 is 4.71. The van der Waals surface area contributed by atoms with Crippen LogP contribution in [0.1, 0.15) is 33.1 Å². The minimum absolute atomic E-state index is 0.00759. The SMILES string of the molecule is CCNC(=O)CCCC(=O)OCC. The van der Waals surface area contributed by atoms with Crippen molar-refractivity contribution in [3.8, 4) is 0 Å². The van der Waals surface area contributed by atoms with Gasteiger partial charge in [-0.1, -0.05) is 0 Å². The average molecular weight is 187 g/mol. The molecule has 0 fully saturated rings. The molecule has 0 aliphatic heterocycles. The Labute approximate surface area is 78.6 Å². The van der Waals surface area contributed by atoms with E-state index in [9.17, 15) is 9.59 Å². The van der Waals surface area contributed by atoms with Crippen molar-refractivity contribution in [2.24, 2.45) is 0 Å². The second-order valence-electron chi connectivity index (χ2n) is 2.61. The molecule has 0 atom stereocenters. The molecule has 0 aromatic rings. The number of ether oxygens (including phenoxy) is 1. The Balaban J connectivity index is 3.33. The second-order valence-corrected chi connectivity index (χ2v) is 2.61. The summed E-state index contributed by atoms with van der Waals surface area (Å²) in [5, 5.41) is 2.66. The topological polar surface area (TPSA) is 55.4 Å². The van der Waals surface area contributed by atoms with Crippen molar-refractivity contribution in [1.29, 1.82) is 0 Å². The van der Waals surface area contributed by atoms with E-state index >= 15 is 0 Å². The van der Waals surface area contributed by atoms with Crippen LogP contribution >= 0.6 is 0 Å². The molecule has 0 aliphatic rings. The summed E-state index contributed by atoms with van der Waals surface area (Å²) in [5.41, 5.74) is 0. The van der Waals surface area contributed by atoms with Crippen molar-refractivity contribution >= 4 is 11.9 Å². The standard InChI is InChI=1S/C9H17NO3/c1-3-10-8(11)6-5-7-9(12)13-4-2/h3-7H2,1-2H3,(H,10,11). The highest BCUT2D eigenvalue weighted by atomic mass is 16.5. The normalized spacial score (nSPS) is 9.38. The van der Waals surface area contributed by atoms with Crippen LogP contribution in [-0.4, -0.2) is 25.0 Å². The van der Waals surface area contributed by atoms with Gasteiger partial charge in [-0.3, -0.25) is 9.59 Å². The molecule has 0 aliphatic carbocycles. The van der Waals surface area contributed by atoms with Crippen molar-refractivity contribution in [2.45, 2.75) is 33.1 Å². The lowest BCUT2D eigenvalue weighted by Crippen LogP contribution is -2.22. The fraction of sp³-hybridized carbons (Fsp3) is 0.778. The van der Waals surface area contributed by atoms with E-state index in [2.05, 4.69) is 5.32 Å². The molecule has 0 heterocycles. The summed E-state index contributed by atoms with van der Waals surface area (Å²) in [4.78, 5) is 21.7. The van der Waals surface area contributed by atoms with Crippen LogP contribution in [0.2, 0.25) is 0 Å². The Morgan fingerprint density at radius 1 is 1.23 bits per heavy atom. The summed E-state index contributed by atoms with van der Waals surface area (Å²) in [6, 6.07) is 0. The first-order valence-corrected chi connectivity index (χ1v) is 4.63. The van der Waals surface area contributed by atoms with Gasteiger partial charge in [-0.2, -0.15) is 0 Å². The van der Waals surface area contributed by atoms with Gasteiger partial charge in [-0.25, -0.2) is 0 Å². The van der Waals surface area contributed by atoms with E-state index in [4.69, 9.17) is 4.74 Å². The Kier molecular flexibility index (Phi) is 6.96. The molecule has 0 unspecified atom stereocenters. The maximum absolute atomic E-state index is 10.9. The van der Waals surface area contributed by atoms with E-state index in [1.165, 1.54) is 0 Å². The lowest BCUT2D eigenvalue weighted by atomic mass is 10.2. The van der Waals surface area contributed by atoms with Gasteiger partial charge in [-0.15, -0.1) is 0 Å². The number of rotatable bonds is 6. The monoisotopic (exact) mass is 187 g/mol. The van der Waals surface area contributed by atoms with Gasteiger partial charge < -0.3 is 10.1 Å². The molecule has 0 rings (SSSR count). The lowest BCUT2D eigenvalue weighted by Gasteiger charge is -2.02. The molecule has 0 saturated carbocycles. The molecular weight excluding hydrogens is 170 g/mol. The molecule has 0 radical (unpaired) electrons. The van der Waals surface area contributed by atoms with Crippen LogP contribution in [0, 0.1) is 0 Å². The molecule has 13 heavy (non-hydrogen) atoms. The average Bonchev–Trinajstić information content (AvgIpc) is 2.05. The quantitative estimate of drug-likeness (QED) is 0.627. The smallest absolute Gasteiger partial charge is 0.305 e. The number of hydrogen-bond donors (Lipinski definition) is 1. The van der Waals surface area contributed by atoms with E-state index in [1.807, 2.05) is 6.92 Å². The predicted octanol–water partition coefficient (Wildman–Crippen LogP) is 0.856. The first kappa shape index (κ1) is 11.9. The summed E-state index contributed by atoms with van der Waals surface area (Å²) >= 11 is 0. The molecule has 4 nitrogen and oxygen atoms in total. The molecule has 0 spiro atoms. The third-order valence-electron chi connectivity index (χ3n) is 1.46. The zero-order valence-corrected chi connectivity index (χ0v) is 8.26. The van der Waals surface area contributed by atoms with Crippen LogP contribution in [0.4, 0.5) is 0 Å². The Morgan fingerprint density at radius 3 is 2.46 bits per heavy atom. The third kappa shape index (κ3) is 7.31. The van der Waals surface area contributed by atoms with Crippen LogP contribution in [0.5, 0.6) is 0 Å².